The Bertz CT molecular complexity index is 1710. The highest BCUT2D eigenvalue weighted by Gasteiger charge is 2.19. The van der Waals surface area contributed by atoms with Crippen LogP contribution in [0.3, 0.4) is 0 Å². The van der Waals surface area contributed by atoms with Gasteiger partial charge in [-0.1, -0.05) is 29.5 Å². The van der Waals surface area contributed by atoms with Crippen molar-refractivity contribution in [3.8, 4) is 0 Å². The van der Waals surface area contributed by atoms with Crippen LogP contribution in [-0.2, 0) is 13.0 Å². The number of anilines is 2. The molecule has 0 atom stereocenters. The third-order valence-corrected chi connectivity index (χ3v) is 7.36. The van der Waals surface area contributed by atoms with Crippen molar-refractivity contribution in [3.63, 3.8) is 0 Å². The van der Waals surface area contributed by atoms with Crippen LogP contribution >= 0.6 is 11.3 Å². The van der Waals surface area contributed by atoms with Crippen molar-refractivity contribution in [3.05, 3.63) is 106 Å². The Balaban J connectivity index is 1.46. The number of hydrogen-bond donors (Lipinski definition) is 3. The van der Waals surface area contributed by atoms with Gasteiger partial charge in [0.25, 0.3) is 11.8 Å². The highest BCUT2D eigenvalue weighted by molar-refractivity contribution is 7.16. The standard InChI is InChI=1S/C28H25N9O2S/c1-36(27(39)19-7-3-2-4-8-19)20-9-10-22-21(16-20)32-28(37(22)15-13-18-6-5-14-31-17-18)33-26(38)24-12-11-23(40-24)25(29)34-35-30/h2-12,14,16-17H,13,15H2,1H3,(H3,29,30,34)(H,32,33,38). The molecule has 0 fully saturated rings. The molecule has 5 aromatic rings. The van der Waals surface area contributed by atoms with Crippen molar-refractivity contribution in [2.45, 2.75) is 13.0 Å². The first-order chi connectivity index (χ1) is 19.4. The van der Waals surface area contributed by atoms with Gasteiger partial charge in [-0.3, -0.25) is 19.9 Å². The number of aryl methyl sites for hydroxylation is 2. The lowest BCUT2D eigenvalue weighted by Crippen LogP contribution is -2.26. The fourth-order valence-electron chi connectivity index (χ4n) is 4.19. The summed E-state index contributed by atoms with van der Waals surface area (Å²) >= 11 is 1.14. The van der Waals surface area contributed by atoms with E-state index in [1.165, 1.54) is 0 Å². The number of amidine groups is 1. The maximum absolute atomic E-state index is 13.2. The second-order valence-electron chi connectivity index (χ2n) is 8.80. The van der Waals surface area contributed by atoms with Gasteiger partial charge >= 0.3 is 0 Å². The molecule has 0 radical (unpaired) electrons. The first-order valence-electron chi connectivity index (χ1n) is 12.3. The van der Waals surface area contributed by atoms with Crippen LogP contribution in [0.1, 0.15) is 30.5 Å². The molecule has 200 valence electrons. The topological polar surface area (TPSA) is 155 Å². The molecule has 0 bridgehead atoms. The molecule has 3 heterocycles. The number of thiophene rings is 1. The number of carbonyl (C=O) groups excluding carboxylic acids is 2. The number of imidazole rings is 1. The van der Waals surface area contributed by atoms with Crippen LogP contribution in [-0.4, -0.2) is 39.2 Å². The van der Waals surface area contributed by atoms with E-state index in [0.717, 1.165) is 22.4 Å². The number of nitrogens with one attached hydrogen (secondary N) is 2. The molecule has 40 heavy (non-hydrogen) atoms. The van der Waals surface area contributed by atoms with E-state index >= 15 is 0 Å². The van der Waals surface area contributed by atoms with Gasteiger partial charge in [-0.15, -0.1) is 16.4 Å². The first-order valence-corrected chi connectivity index (χ1v) is 13.1. The van der Waals surface area contributed by atoms with Crippen LogP contribution in [0.15, 0.2) is 95.5 Å². The molecule has 11 nitrogen and oxygen atoms in total. The van der Waals surface area contributed by atoms with Crippen molar-refractivity contribution < 1.29 is 9.59 Å². The van der Waals surface area contributed by atoms with E-state index in [1.807, 2.05) is 59.3 Å². The average Bonchev–Trinajstić information content (AvgIpc) is 3.61. The zero-order valence-electron chi connectivity index (χ0n) is 21.5. The van der Waals surface area contributed by atoms with Gasteiger partial charge in [0.1, 0.15) is 0 Å². The summed E-state index contributed by atoms with van der Waals surface area (Å²) in [5.74, 6) is -0.0688. The van der Waals surface area contributed by atoms with Gasteiger partial charge in [-0.2, -0.15) is 5.53 Å². The Hall–Kier alpha value is -5.23. The van der Waals surface area contributed by atoms with E-state index in [-0.39, 0.29) is 17.6 Å². The van der Waals surface area contributed by atoms with Crippen LogP contribution < -0.4 is 16.0 Å². The molecule has 0 spiro atoms. The highest BCUT2D eigenvalue weighted by atomic mass is 32.1. The molecular weight excluding hydrogens is 526 g/mol. The molecule has 0 saturated carbocycles. The molecule has 0 saturated heterocycles. The fraction of sp³-hybridized carbons (Fsp3) is 0.107. The number of aromatic nitrogens is 3. The maximum atomic E-state index is 13.2. The van der Waals surface area contributed by atoms with Gasteiger partial charge < -0.3 is 15.2 Å². The lowest BCUT2D eigenvalue weighted by molar-refractivity contribution is 0.0991. The number of nitrogens with two attached hydrogens (primary N) is 1. The number of hydrogen-bond acceptors (Lipinski definition) is 7. The number of nitrogens with zero attached hydrogens (tertiary/aromatic N) is 6. The Kier molecular flexibility index (Phi) is 7.69. The second kappa shape index (κ2) is 11.7. The van der Waals surface area contributed by atoms with E-state index in [0.29, 0.717) is 45.4 Å². The minimum absolute atomic E-state index is 0.0597. The van der Waals surface area contributed by atoms with Crippen LogP contribution in [0.25, 0.3) is 11.0 Å². The average molecular weight is 552 g/mol. The summed E-state index contributed by atoms with van der Waals surface area (Å²) in [7, 11) is 1.72. The van der Waals surface area contributed by atoms with E-state index in [9.17, 15) is 9.59 Å². The Morgan fingerprint density at radius 2 is 1.88 bits per heavy atom. The van der Waals surface area contributed by atoms with Crippen LogP contribution in [0.5, 0.6) is 0 Å². The van der Waals surface area contributed by atoms with Crippen molar-refractivity contribution >= 4 is 51.7 Å². The monoisotopic (exact) mass is 551 g/mol. The van der Waals surface area contributed by atoms with Gasteiger partial charge in [0.2, 0.25) is 5.95 Å². The Morgan fingerprint density at radius 1 is 1.07 bits per heavy atom. The lowest BCUT2D eigenvalue weighted by atomic mass is 10.2. The normalized spacial score (nSPS) is 11.4. The van der Waals surface area contributed by atoms with E-state index in [1.54, 1.807) is 42.4 Å². The summed E-state index contributed by atoms with van der Waals surface area (Å²) in [5.41, 5.74) is 16.4. The molecular formula is C28H25N9O2S. The van der Waals surface area contributed by atoms with Crippen molar-refractivity contribution in [1.82, 2.24) is 14.5 Å². The van der Waals surface area contributed by atoms with Crippen LogP contribution in [0, 0.1) is 5.53 Å². The molecule has 0 aliphatic carbocycles. The first kappa shape index (κ1) is 26.4. The molecule has 0 aliphatic heterocycles. The number of pyridine rings is 1. The van der Waals surface area contributed by atoms with Gasteiger partial charge in [0, 0.05) is 37.2 Å². The number of amides is 2. The smallest absolute Gasteiger partial charge is 0.268 e. The van der Waals surface area contributed by atoms with Crippen LogP contribution in [0.2, 0.25) is 0 Å². The number of carbonyl (C=O) groups is 2. The van der Waals surface area contributed by atoms with Gasteiger partial charge in [0.05, 0.1) is 20.8 Å². The Morgan fingerprint density at radius 3 is 2.62 bits per heavy atom. The predicted octanol–water partition coefficient (Wildman–Crippen LogP) is 4.92. The van der Waals surface area contributed by atoms with Crippen LogP contribution in [0.4, 0.5) is 11.6 Å². The van der Waals surface area contributed by atoms with Crippen molar-refractivity contribution in [2.75, 3.05) is 17.3 Å². The summed E-state index contributed by atoms with van der Waals surface area (Å²) in [4.78, 5) is 37.6. The fourth-order valence-corrected chi connectivity index (χ4v) is 4.99. The summed E-state index contributed by atoms with van der Waals surface area (Å²) in [6, 6.07) is 21.8. The van der Waals surface area contributed by atoms with E-state index < -0.39 is 0 Å². The van der Waals surface area contributed by atoms with Crippen molar-refractivity contribution in [2.24, 2.45) is 16.1 Å². The molecule has 2 amide bonds. The maximum Gasteiger partial charge on any atom is 0.268 e. The van der Waals surface area contributed by atoms with Crippen molar-refractivity contribution in [1.29, 1.82) is 5.53 Å². The third kappa shape index (κ3) is 5.61. The summed E-state index contributed by atoms with van der Waals surface area (Å²) < 4.78 is 1.94. The summed E-state index contributed by atoms with van der Waals surface area (Å²) in [5, 5.41) is 9.38. The summed E-state index contributed by atoms with van der Waals surface area (Å²) in [6.07, 6.45) is 4.20. The van der Waals surface area contributed by atoms with Gasteiger partial charge in [0.15, 0.2) is 5.84 Å². The Labute approximate surface area is 233 Å². The minimum Gasteiger partial charge on any atom is -0.381 e. The predicted molar refractivity (Wildman–Crippen MR) is 155 cm³/mol. The highest BCUT2D eigenvalue weighted by Crippen LogP contribution is 2.27. The molecule has 12 heteroatoms. The largest absolute Gasteiger partial charge is 0.381 e. The SMILES string of the molecule is CN(C(=O)c1ccccc1)c1ccc2c(c1)nc(NC(=O)c1ccc(C(N)=NN=N)s1)n2CCc1cccnc1. The van der Waals surface area contributed by atoms with E-state index in [2.05, 4.69) is 20.6 Å². The minimum atomic E-state index is -0.360. The molecule has 4 N–H and O–H groups in total. The lowest BCUT2D eigenvalue weighted by Gasteiger charge is -2.17. The zero-order valence-corrected chi connectivity index (χ0v) is 22.3. The molecule has 3 aromatic heterocycles. The number of benzene rings is 2. The zero-order chi connectivity index (χ0) is 28.1. The summed E-state index contributed by atoms with van der Waals surface area (Å²) in [6.45, 7) is 0.538. The molecule has 0 unspecified atom stereocenters. The van der Waals surface area contributed by atoms with E-state index in [4.69, 9.17) is 16.2 Å². The van der Waals surface area contributed by atoms with Gasteiger partial charge in [-0.05, 0) is 60.5 Å². The quantitative estimate of drug-likeness (QED) is 0.103. The number of fused-ring (bicyclic) bond motifs is 1. The second-order valence-corrected chi connectivity index (χ2v) is 9.89. The molecule has 5 rings (SSSR count). The number of rotatable bonds is 9. The molecule has 0 aliphatic rings. The van der Waals surface area contributed by atoms with Gasteiger partial charge in [-0.25, -0.2) is 4.98 Å². The third-order valence-electron chi connectivity index (χ3n) is 6.26. The molecule has 2 aromatic carbocycles.